The molecule has 1 atom stereocenters. The van der Waals surface area contributed by atoms with Crippen LogP contribution in [0.15, 0.2) is 42.9 Å². The number of rotatable bonds is 3. The van der Waals surface area contributed by atoms with Crippen LogP contribution in [-0.2, 0) is 0 Å². The van der Waals surface area contributed by atoms with Crippen molar-refractivity contribution in [2.24, 2.45) is 0 Å². The number of carbonyl (C=O) groups is 1. The Labute approximate surface area is 136 Å². The number of carbonyl (C=O) groups excluding carboxylic acids is 1. The van der Waals surface area contributed by atoms with Gasteiger partial charge in [0.25, 0.3) is 5.91 Å². The van der Waals surface area contributed by atoms with Crippen LogP contribution in [0.4, 0.5) is 0 Å². The van der Waals surface area contributed by atoms with E-state index in [0.717, 1.165) is 38.1 Å². The summed E-state index contributed by atoms with van der Waals surface area (Å²) in [4.78, 5) is 22.7. The van der Waals surface area contributed by atoms with Crippen LogP contribution in [0, 0.1) is 0 Å². The molecular weight excluding hydrogens is 290 g/mol. The molecule has 120 valence electrons. The summed E-state index contributed by atoms with van der Waals surface area (Å²) in [6.45, 7) is 1.50. The molecule has 1 aromatic carbocycles. The van der Waals surface area contributed by atoms with Gasteiger partial charge in [0.05, 0.1) is 13.3 Å². The third-order valence-corrected chi connectivity index (χ3v) is 4.33. The molecule has 1 amide bonds. The normalized spacial score (nSPS) is 18.3. The fourth-order valence-corrected chi connectivity index (χ4v) is 3.05. The predicted octanol–water partition coefficient (Wildman–Crippen LogP) is 2.90. The van der Waals surface area contributed by atoms with E-state index in [1.165, 1.54) is 11.8 Å². The molecule has 0 N–H and O–H groups in total. The average Bonchev–Trinajstić information content (AvgIpc) is 2.88. The molecule has 1 aliphatic rings. The van der Waals surface area contributed by atoms with E-state index >= 15 is 0 Å². The van der Waals surface area contributed by atoms with Crippen molar-refractivity contribution >= 4 is 5.91 Å². The molecule has 5 heteroatoms. The third kappa shape index (κ3) is 3.67. The molecule has 1 aromatic heterocycles. The Morgan fingerprint density at radius 1 is 1.22 bits per heavy atom. The van der Waals surface area contributed by atoms with Gasteiger partial charge in [-0.1, -0.05) is 18.6 Å². The monoisotopic (exact) mass is 311 g/mol. The maximum atomic E-state index is 12.6. The average molecular weight is 311 g/mol. The van der Waals surface area contributed by atoms with Gasteiger partial charge >= 0.3 is 0 Å². The molecule has 5 nitrogen and oxygen atoms in total. The summed E-state index contributed by atoms with van der Waals surface area (Å²) in [6.07, 6.45) is 7.93. The summed E-state index contributed by atoms with van der Waals surface area (Å²) >= 11 is 0. The highest BCUT2D eigenvalue weighted by atomic mass is 16.5. The van der Waals surface area contributed by atoms with E-state index in [2.05, 4.69) is 22.1 Å². The van der Waals surface area contributed by atoms with E-state index in [-0.39, 0.29) is 5.91 Å². The van der Waals surface area contributed by atoms with Crippen LogP contribution < -0.4 is 4.74 Å². The van der Waals surface area contributed by atoms with Crippen molar-refractivity contribution in [1.82, 2.24) is 14.9 Å². The molecule has 23 heavy (non-hydrogen) atoms. The summed E-state index contributed by atoms with van der Waals surface area (Å²) in [7, 11) is 1.67. The molecule has 2 aromatic rings. The lowest BCUT2D eigenvalue weighted by atomic mass is 9.94. The molecule has 2 heterocycles. The fraction of sp³-hybridized carbons (Fsp3) is 0.389. The Bertz CT molecular complexity index is 643. The maximum Gasteiger partial charge on any atom is 0.274 e. The number of nitrogens with zero attached hydrogens (tertiary/aromatic N) is 3. The molecule has 0 aliphatic carbocycles. The largest absolute Gasteiger partial charge is 0.497 e. The van der Waals surface area contributed by atoms with Gasteiger partial charge in [-0.3, -0.25) is 9.78 Å². The van der Waals surface area contributed by atoms with E-state index in [0.29, 0.717) is 11.6 Å². The number of hydrogen-bond donors (Lipinski definition) is 0. The number of methoxy groups -OCH3 is 1. The summed E-state index contributed by atoms with van der Waals surface area (Å²) in [5.74, 6) is 1.18. The van der Waals surface area contributed by atoms with E-state index in [4.69, 9.17) is 4.74 Å². The summed E-state index contributed by atoms with van der Waals surface area (Å²) in [6, 6.07) is 8.16. The first-order chi connectivity index (χ1) is 11.3. The lowest BCUT2D eigenvalue weighted by Gasteiger charge is -2.24. The van der Waals surface area contributed by atoms with Crippen LogP contribution in [0.2, 0.25) is 0 Å². The summed E-state index contributed by atoms with van der Waals surface area (Å²) in [5.41, 5.74) is 1.67. The third-order valence-electron chi connectivity index (χ3n) is 4.33. The first-order valence-corrected chi connectivity index (χ1v) is 7.97. The van der Waals surface area contributed by atoms with Gasteiger partial charge in [0.15, 0.2) is 0 Å². The lowest BCUT2D eigenvalue weighted by Crippen LogP contribution is -2.34. The van der Waals surface area contributed by atoms with E-state index in [1.54, 1.807) is 19.5 Å². The SMILES string of the molecule is COc1ccc(C2CCCCN(C(=O)c3cnccn3)C2)cc1. The molecule has 0 radical (unpaired) electrons. The molecule has 0 spiro atoms. The first kappa shape index (κ1) is 15.5. The van der Waals surface area contributed by atoms with Crippen LogP contribution in [0.1, 0.15) is 41.2 Å². The number of hydrogen-bond acceptors (Lipinski definition) is 4. The van der Waals surface area contributed by atoms with E-state index in [1.807, 2.05) is 17.0 Å². The van der Waals surface area contributed by atoms with E-state index in [9.17, 15) is 4.79 Å². The lowest BCUT2D eigenvalue weighted by molar-refractivity contribution is 0.0748. The van der Waals surface area contributed by atoms with Crippen LogP contribution in [-0.4, -0.2) is 41.0 Å². The van der Waals surface area contributed by atoms with Gasteiger partial charge in [0, 0.05) is 31.4 Å². The number of aromatic nitrogens is 2. The smallest absolute Gasteiger partial charge is 0.274 e. The highest BCUT2D eigenvalue weighted by molar-refractivity contribution is 5.92. The maximum absolute atomic E-state index is 12.6. The van der Waals surface area contributed by atoms with Gasteiger partial charge in [-0.15, -0.1) is 0 Å². The fourth-order valence-electron chi connectivity index (χ4n) is 3.05. The molecule has 1 saturated heterocycles. The summed E-state index contributed by atoms with van der Waals surface area (Å²) in [5, 5.41) is 0. The second-order valence-corrected chi connectivity index (χ2v) is 5.81. The van der Waals surface area contributed by atoms with Gasteiger partial charge in [-0.25, -0.2) is 4.98 Å². The van der Waals surface area contributed by atoms with Crippen molar-refractivity contribution in [3.8, 4) is 5.75 Å². The number of ether oxygens (including phenoxy) is 1. The molecule has 1 fully saturated rings. The minimum atomic E-state index is -0.0292. The Hall–Kier alpha value is -2.43. The van der Waals surface area contributed by atoms with Crippen molar-refractivity contribution < 1.29 is 9.53 Å². The van der Waals surface area contributed by atoms with Gasteiger partial charge in [0.2, 0.25) is 0 Å². The molecule has 0 saturated carbocycles. The molecule has 0 bridgehead atoms. The number of likely N-dealkylation sites (tertiary alicyclic amines) is 1. The van der Waals surface area contributed by atoms with Crippen molar-refractivity contribution in [2.75, 3.05) is 20.2 Å². The van der Waals surface area contributed by atoms with Crippen molar-refractivity contribution in [2.45, 2.75) is 25.2 Å². The van der Waals surface area contributed by atoms with Gasteiger partial charge < -0.3 is 9.64 Å². The second-order valence-electron chi connectivity index (χ2n) is 5.81. The number of benzene rings is 1. The van der Waals surface area contributed by atoms with Gasteiger partial charge in [-0.2, -0.15) is 0 Å². The second kappa shape index (κ2) is 7.22. The van der Waals surface area contributed by atoms with Crippen LogP contribution >= 0.6 is 0 Å². The zero-order chi connectivity index (χ0) is 16.1. The Morgan fingerprint density at radius 3 is 2.74 bits per heavy atom. The topological polar surface area (TPSA) is 55.3 Å². The van der Waals surface area contributed by atoms with Crippen molar-refractivity contribution in [1.29, 1.82) is 0 Å². The first-order valence-electron chi connectivity index (χ1n) is 7.97. The zero-order valence-corrected chi connectivity index (χ0v) is 13.3. The quantitative estimate of drug-likeness (QED) is 0.874. The molecule has 1 aliphatic heterocycles. The van der Waals surface area contributed by atoms with Crippen LogP contribution in [0.25, 0.3) is 0 Å². The molecule has 3 rings (SSSR count). The molecule has 1 unspecified atom stereocenters. The van der Waals surface area contributed by atoms with Crippen LogP contribution in [0.5, 0.6) is 5.75 Å². The Balaban J connectivity index is 1.76. The highest BCUT2D eigenvalue weighted by Crippen LogP contribution is 2.28. The number of amides is 1. The van der Waals surface area contributed by atoms with Crippen molar-refractivity contribution in [3.05, 3.63) is 54.1 Å². The van der Waals surface area contributed by atoms with Crippen molar-refractivity contribution in [3.63, 3.8) is 0 Å². The van der Waals surface area contributed by atoms with Gasteiger partial charge in [0.1, 0.15) is 11.4 Å². The standard InChI is InChI=1S/C18H21N3O2/c1-23-16-7-5-14(6-8-16)15-4-2-3-11-21(13-15)18(22)17-12-19-9-10-20-17/h5-10,12,15H,2-4,11,13H2,1H3. The summed E-state index contributed by atoms with van der Waals surface area (Å²) < 4.78 is 5.22. The Morgan fingerprint density at radius 2 is 2.04 bits per heavy atom. The van der Waals surface area contributed by atoms with Gasteiger partial charge in [-0.05, 0) is 30.5 Å². The van der Waals surface area contributed by atoms with Crippen LogP contribution in [0.3, 0.4) is 0 Å². The Kier molecular flexibility index (Phi) is 4.86. The predicted molar refractivity (Wildman–Crippen MR) is 87.5 cm³/mol. The molecular formula is C18H21N3O2. The van der Waals surface area contributed by atoms with E-state index < -0.39 is 0 Å². The highest BCUT2D eigenvalue weighted by Gasteiger charge is 2.24. The zero-order valence-electron chi connectivity index (χ0n) is 13.3. The minimum absolute atomic E-state index is 0.0292. The minimum Gasteiger partial charge on any atom is -0.497 e.